The van der Waals surface area contributed by atoms with E-state index in [1.54, 1.807) is 0 Å². The molecule has 1 saturated carbocycles. The molecule has 0 aromatic carbocycles. The summed E-state index contributed by atoms with van der Waals surface area (Å²) in [6, 6.07) is 0. The zero-order valence-corrected chi connectivity index (χ0v) is 7.80. The van der Waals surface area contributed by atoms with Gasteiger partial charge < -0.3 is 4.74 Å². The van der Waals surface area contributed by atoms with E-state index in [4.69, 9.17) is 4.74 Å². The lowest BCUT2D eigenvalue weighted by atomic mass is 9.84. The van der Waals surface area contributed by atoms with Gasteiger partial charge in [0.15, 0.2) is 0 Å². The molecule has 0 amide bonds. The average molecular weight is 167 g/mol. The van der Waals surface area contributed by atoms with Crippen LogP contribution < -0.4 is 0 Å². The first-order chi connectivity index (χ1) is 5.88. The maximum absolute atomic E-state index is 5.21. The number of hydrogen-bond acceptors (Lipinski definition) is 1. The van der Waals surface area contributed by atoms with Crippen LogP contribution in [0, 0.1) is 13.0 Å². The molecule has 0 aromatic heterocycles. The molecule has 1 unspecified atom stereocenters. The highest BCUT2D eigenvalue weighted by atomic mass is 16.5. The summed E-state index contributed by atoms with van der Waals surface area (Å²) in [5.74, 6) is 0.731. The second kappa shape index (κ2) is 5.36. The average Bonchev–Trinajstić information content (AvgIpc) is 2.15. The van der Waals surface area contributed by atoms with E-state index in [0.29, 0.717) is 6.10 Å². The zero-order chi connectivity index (χ0) is 8.81. The van der Waals surface area contributed by atoms with Gasteiger partial charge in [-0.15, -0.1) is 6.58 Å². The molecule has 1 rings (SSSR count). The third-order valence-electron chi connectivity index (χ3n) is 2.79. The standard InChI is InChI=1S/C11H19O/c1-3-7-11(12-2)10-8-5-4-6-9-10/h3,10-11H,1-2,4-9H2. The van der Waals surface area contributed by atoms with E-state index >= 15 is 0 Å². The molecule has 12 heavy (non-hydrogen) atoms. The number of rotatable bonds is 4. The lowest BCUT2D eigenvalue weighted by Gasteiger charge is -2.28. The molecule has 1 fully saturated rings. The van der Waals surface area contributed by atoms with Gasteiger partial charge in [0.2, 0.25) is 0 Å². The van der Waals surface area contributed by atoms with E-state index < -0.39 is 0 Å². The van der Waals surface area contributed by atoms with E-state index in [-0.39, 0.29) is 0 Å². The third kappa shape index (κ3) is 2.63. The Bertz CT molecular complexity index is 125. The Kier molecular flexibility index (Phi) is 4.37. The van der Waals surface area contributed by atoms with Gasteiger partial charge in [-0.25, -0.2) is 0 Å². The summed E-state index contributed by atoms with van der Waals surface area (Å²) in [4.78, 5) is 0. The Morgan fingerprint density at radius 3 is 2.50 bits per heavy atom. The Morgan fingerprint density at radius 2 is 2.00 bits per heavy atom. The molecule has 1 atom stereocenters. The van der Waals surface area contributed by atoms with Crippen LogP contribution in [-0.2, 0) is 4.74 Å². The minimum absolute atomic E-state index is 0.322. The summed E-state index contributed by atoms with van der Waals surface area (Å²) in [5, 5.41) is 0. The van der Waals surface area contributed by atoms with Crippen molar-refractivity contribution in [1.29, 1.82) is 0 Å². The predicted octanol–water partition coefficient (Wildman–Crippen LogP) is 3.32. The fourth-order valence-corrected chi connectivity index (χ4v) is 2.07. The van der Waals surface area contributed by atoms with Gasteiger partial charge in [0.25, 0.3) is 0 Å². The van der Waals surface area contributed by atoms with Gasteiger partial charge >= 0.3 is 0 Å². The van der Waals surface area contributed by atoms with Gasteiger partial charge in [-0.1, -0.05) is 25.3 Å². The van der Waals surface area contributed by atoms with Gasteiger partial charge in [0.05, 0.1) is 13.2 Å². The van der Waals surface area contributed by atoms with Crippen molar-refractivity contribution in [3.8, 4) is 0 Å². The fourth-order valence-electron chi connectivity index (χ4n) is 2.07. The summed E-state index contributed by atoms with van der Waals surface area (Å²) < 4.78 is 5.21. The van der Waals surface area contributed by atoms with Crippen molar-refractivity contribution in [1.82, 2.24) is 0 Å². The van der Waals surface area contributed by atoms with Gasteiger partial charge in [-0.2, -0.15) is 0 Å². The summed E-state index contributed by atoms with van der Waals surface area (Å²) in [6.45, 7) is 3.74. The minimum atomic E-state index is 0.322. The van der Waals surface area contributed by atoms with Crippen LogP contribution in [0.5, 0.6) is 0 Å². The third-order valence-corrected chi connectivity index (χ3v) is 2.79. The molecule has 0 N–H and O–H groups in total. The molecule has 1 aliphatic rings. The maximum Gasteiger partial charge on any atom is 0.0704 e. The van der Waals surface area contributed by atoms with Gasteiger partial charge in [-0.05, 0) is 25.2 Å². The van der Waals surface area contributed by atoms with E-state index in [2.05, 4.69) is 13.7 Å². The highest BCUT2D eigenvalue weighted by molar-refractivity contribution is 4.81. The summed E-state index contributed by atoms with van der Waals surface area (Å²) >= 11 is 0. The van der Waals surface area contributed by atoms with Crippen LogP contribution in [0.25, 0.3) is 0 Å². The first-order valence-electron chi connectivity index (χ1n) is 4.90. The Balaban J connectivity index is 2.34. The van der Waals surface area contributed by atoms with E-state index in [0.717, 1.165) is 12.3 Å². The van der Waals surface area contributed by atoms with Crippen LogP contribution in [0.3, 0.4) is 0 Å². The SMILES string of the molecule is [CH2]OC(CC=C)C1CCCCC1. The van der Waals surface area contributed by atoms with Crippen molar-refractivity contribution in [2.45, 2.75) is 44.6 Å². The molecule has 0 bridgehead atoms. The van der Waals surface area contributed by atoms with Crippen LogP contribution in [0.15, 0.2) is 12.7 Å². The lowest BCUT2D eigenvalue weighted by molar-refractivity contribution is 0.0642. The highest BCUT2D eigenvalue weighted by Gasteiger charge is 2.21. The van der Waals surface area contributed by atoms with Crippen molar-refractivity contribution < 1.29 is 4.74 Å². The largest absolute Gasteiger partial charge is 0.375 e. The first-order valence-corrected chi connectivity index (χ1v) is 4.90. The number of hydrogen-bond donors (Lipinski definition) is 0. The van der Waals surface area contributed by atoms with Crippen LogP contribution in [0.4, 0.5) is 0 Å². The van der Waals surface area contributed by atoms with Crippen molar-refractivity contribution in [3.63, 3.8) is 0 Å². The Hall–Kier alpha value is -0.300. The lowest BCUT2D eigenvalue weighted by Crippen LogP contribution is -2.23. The van der Waals surface area contributed by atoms with E-state index in [9.17, 15) is 0 Å². The molecular formula is C11H19O. The molecule has 0 saturated heterocycles. The summed E-state index contributed by atoms with van der Waals surface area (Å²) in [7, 11) is 3.53. The number of ether oxygens (including phenoxy) is 1. The second-order valence-electron chi connectivity index (χ2n) is 3.63. The van der Waals surface area contributed by atoms with Crippen LogP contribution in [0.1, 0.15) is 38.5 Å². The van der Waals surface area contributed by atoms with Crippen LogP contribution in [-0.4, -0.2) is 6.10 Å². The second-order valence-corrected chi connectivity index (χ2v) is 3.63. The van der Waals surface area contributed by atoms with Crippen LogP contribution in [0.2, 0.25) is 0 Å². The Morgan fingerprint density at radius 1 is 1.33 bits per heavy atom. The molecule has 1 heteroatoms. The van der Waals surface area contributed by atoms with Crippen molar-refractivity contribution >= 4 is 0 Å². The van der Waals surface area contributed by atoms with Gasteiger partial charge in [-0.3, -0.25) is 0 Å². The molecule has 69 valence electrons. The molecule has 1 aliphatic carbocycles. The van der Waals surface area contributed by atoms with Gasteiger partial charge in [0, 0.05) is 0 Å². The van der Waals surface area contributed by atoms with Crippen LogP contribution >= 0.6 is 0 Å². The molecule has 0 spiro atoms. The molecule has 0 heterocycles. The van der Waals surface area contributed by atoms with Crippen molar-refractivity contribution in [3.05, 3.63) is 19.8 Å². The van der Waals surface area contributed by atoms with E-state index in [1.165, 1.54) is 32.1 Å². The molecule has 1 radical (unpaired) electrons. The zero-order valence-electron chi connectivity index (χ0n) is 7.80. The minimum Gasteiger partial charge on any atom is -0.375 e. The van der Waals surface area contributed by atoms with Crippen molar-refractivity contribution in [2.75, 3.05) is 0 Å². The maximum atomic E-state index is 5.21. The first kappa shape index (κ1) is 9.79. The highest BCUT2D eigenvalue weighted by Crippen LogP contribution is 2.29. The molecule has 0 aliphatic heterocycles. The topological polar surface area (TPSA) is 9.23 Å². The molecule has 0 aromatic rings. The summed E-state index contributed by atoms with van der Waals surface area (Å²) in [5.41, 5.74) is 0. The molecular weight excluding hydrogens is 148 g/mol. The Labute approximate surface area is 75.8 Å². The quantitative estimate of drug-likeness (QED) is 0.584. The van der Waals surface area contributed by atoms with Crippen molar-refractivity contribution in [2.24, 2.45) is 5.92 Å². The predicted molar refractivity (Wildman–Crippen MR) is 51.6 cm³/mol. The fraction of sp³-hybridized carbons (Fsp3) is 0.727. The monoisotopic (exact) mass is 167 g/mol. The smallest absolute Gasteiger partial charge is 0.0704 e. The van der Waals surface area contributed by atoms with Gasteiger partial charge in [0.1, 0.15) is 0 Å². The van der Waals surface area contributed by atoms with E-state index in [1.807, 2.05) is 6.08 Å². The normalized spacial score (nSPS) is 22.1. The molecule has 1 nitrogen and oxygen atoms in total. The summed E-state index contributed by atoms with van der Waals surface area (Å²) in [6.07, 6.45) is 9.96.